The van der Waals surface area contributed by atoms with E-state index in [1.165, 1.54) is 23.1 Å². The van der Waals surface area contributed by atoms with Crippen LogP contribution in [0.5, 0.6) is 0 Å². The van der Waals surface area contributed by atoms with Crippen LogP contribution in [0.3, 0.4) is 0 Å². The van der Waals surface area contributed by atoms with Crippen LogP contribution in [0, 0.1) is 0 Å². The Balaban J connectivity index is 1.69. The van der Waals surface area contributed by atoms with Gasteiger partial charge in [-0.2, -0.15) is 0 Å². The van der Waals surface area contributed by atoms with Gasteiger partial charge in [0.2, 0.25) is 0 Å². The van der Waals surface area contributed by atoms with Crippen LogP contribution in [0.1, 0.15) is 18.9 Å². The summed E-state index contributed by atoms with van der Waals surface area (Å²) in [4.78, 5) is 9.17. The summed E-state index contributed by atoms with van der Waals surface area (Å²) in [6.45, 7) is 3.03. The molecule has 1 fully saturated rings. The first-order valence-electron chi connectivity index (χ1n) is 7.09. The molecule has 1 N–H and O–H groups in total. The van der Waals surface area contributed by atoms with E-state index in [1.54, 1.807) is 0 Å². The number of rotatable bonds is 3. The minimum absolute atomic E-state index is 0.550. The molecule has 4 heteroatoms. The standard InChI is InChI=1S/C16H19N3S/c1-12-8-11-20-16(19-12)18-10-7-14-5-2-4-13-6-3-9-17-15(13)14/h2-6,9,12H,7-8,10-11H2,1H3,(H,18,19). The molecule has 2 heterocycles. The van der Waals surface area contributed by atoms with Gasteiger partial charge in [-0.3, -0.25) is 9.98 Å². The van der Waals surface area contributed by atoms with Crippen LogP contribution in [-0.2, 0) is 6.42 Å². The SMILES string of the molecule is CC1CCSC(=NCCc2cccc3cccnc23)N1. The van der Waals surface area contributed by atoms with Crippen molar-refractivity contribution in [3.05, 3.63) is 42.1 Å². The van der Waals surface area contributed by atoms with E-state index in [0.29, 0.717) is 6.04 Å². The summed E-state index contributed by atoms with van der Waals surface area (Å²) in [5, 5.41) is 5.74. The summed E-state index contributed by atoms with van der Waals surface area (Å²) in [5.74, 6) is 1.17. The second kappa shape index (κ2) is 6.27. The van der Waals surface area contributed by atoms with Crippen molar-refractivity contribution in [2.24, 2.45) is 4.99 Å². The van der Waals surface area contributed by atoms with Crippen molar-refractivity contribution in [3.63, 3.8) is 0 Å². The van der Waals surface area contributed by atoms with E-state index >= 15 is 0 Å². The summed E-state index contributed by atoms with van der Waals surface area (Å²) in [5.41, 5.74) is 2.38. The second-order valence-corrected chi connectivity index (χ2v) is 6.20. The minimum atomic E-state index is 0.550. The lowest BCUT2D eigenvalue weighted by atomic mass is 10.1. The number of pyridine rings is 1. The zero-order valence-electron chi connectivity index (χ0n) is 11.7. The lowest BCUT2D eigenvalue weighted by molar-refractivity contribution is 0.642. The van der Waals surface area contributed by atoms with Crippen LogP contribution in [-0.4, -0.2) is 28.5 Å². The molecular formula is C16H19N3S. The Morgan fingerprint density at radius 3 is 3.15 bits per heavy atom. The summed E-state index contributed by atoms with van der Waals surface area (Å²) in [7, 11) is 0. The van der Waals surface area contributed by atoms with Gasteiger partial charge in [0.1, 0.15) is 0 Å². The fraction of sp³-hybridized carbons (Fsp3) is 0.375. The van der Waals surface area contributed by atoms with E-state index in [9.17, 15) is 0 Å². The third-order valence-corrected chi connectivity index (χ3v) is 4.47. The monoisotopic (exact) mass is 285 g/mol. The molecule has 1 aromatic carbocycles. The van der Waals surface area contributed by atoms with Crippen LogP contribution < -0.4 is 5.32 Å². The predicted molar refractivity (Wildman–Crippen MR) is 87.4 cm³/mol. The van der Waals surface area contributed by atoms with Crippen LogP contribution in [0.4, 0.5) is 0 Å². The number of thioether (sulfide) groups is 1. The lowest BCUT2D eigenvalue weighted by Gasteiger charge is -2.21. The fourth-order valence-corrected chi connectivity index (χ4v) is 3.53. The highest BCUT2D eigenvalue weighted by molar-refractivity contribution is 8.13. The molecule has 3 rings (SSSR count). The Labute approximate surface area is 123 Å². The molecule has 20 heavy (non-hydrogen) atoms. The Bertz CT molecular complexity index is 619. The van der Waals surface area contributed by atoms with Gasteiger partial charge in [0, 0.05) is 29.9 Å². The third kappa shape index (κ3) is 3.12. The van der Waals surface area contributed by atoms with E-state index in [4.69, 9.17) is 0 Å². The average molecular weight is 285 g/mol. The Kier molecular flexibility index (Phi) is 4.21. The first-order valence-corrected chi connectivity index (χ1v) is 8.08. The highest BCUT2D eigenvalue weighted by Gasteiger charge is 2.12. The maximum absolute atomic E-state index is 4.68. The van der Waals surface area contributed by atoms with Gasteiger partial charge in [-0.1, -0.05) is 36.0 Å². The molecule has 2 aromatic rings. The van der Waals surface area contributed by atoms with E-state index in [-0.39, 0.29) is 0 Å². The van der Waals surface area contributed by atoms with Crippen molar-refractivity contribution in [2.45, 2.75) is 25.8 Å². The molecule has 0 amide bonds. The molecule has 0 aliphatic carbocycles. The maximum atomic E-state index is 4.68. The summed E-state index contributed by atoms with van der Waals surface area (Å²) in [6.07, 6.45) is 4.02. The molecule has 1 aromatic heterocycles. The first kappa shape index (κ1) is 13.4. The molecule has 1 aliphatic heterocycles. The summed E-state index contributed by atoms with van der Waals surface area (Å²) < 4.78 is 0. The maximum Gasteiger partial charge on any atom is 0.156 e. The number of hydrogen-bond acceptors (Lipinski definition) is 3. The number of benzene rings is 1. The number of nitrogens with one attached hydrogen (secondary N) is 1. The number of hydrogen-bond donors (Lipinski definition) is 1. The van der Waals surface area contributed by atoms with Crippen molar-refractivity contribution >= 4 is 27.8 Å². The zero-order valence-corrected chi connectivity index (χ0v) is 12.5. The average Bonchev–Trinajstić information content (AvgIpc) is 2.48. The van der Waals surface area contributed by atoms with Crippen LogP contribution in [0.2, 0.25) is 0 Å². The molecule has 0 bridgehead atoms. The summed E-state index contributed by atoms with van der Waals surface area (Å²) >= 11 is 1.83. The van der Waals surface area contributed by atoms with E-state index in [1.807, 2.05) is 24.0 Å². The van der Waals surface area contributed by atoms with E-state index in [0.717, 1.165) is 23.6 Å². The number of nitrogens with zero attached hydrogens (tertiary/aromatic N) is 2. The van der Waals surface area contributed by atoms with Gasteiger partial charge in [-0.15, -0.1) is 0 Å². The van der Waals surface area contributed by atoms with Gasteiger partial charge < -0.3 is 5.32 Å². The quantitative estimate of drug-likeness (QED) is 0.940. The van der Waals surface area contributed by atoms with Crippen LogP contribution in [0.25, 0.3) is 10.9 Å². The molecule has 0 saturated carbocycles. The molecule has 1 aliphatic rings. The Hall–Kier alpha value is -1.55. The molecule has 0 spiro atoms. The fourth-order valence-electron chi connectivity index (χ4n) is 2.40. The highest BCUT2D eigenvalue weighted by Crippen LogP contribution is 2.17. The number of para-hydroxylation sites is 1. The van der Waals surface area contributed by atoms with Crippen molar-refractivity contribution < 1.29 is 0 Å². The molecule has 104 valence electrons. The molecule has 1 atom stereocenters. The smallest absolute Gasteiger partial charge is 0.156 e. The van der Waals surface area contributed by atoms with E-state index in [2.05, 4.69) is 46.5 Å². The van der Waals surface area contributed by atoms with Crippen molar-refractivity contribution in [2.75, 3.05) is 12.3 Å². The van der Waals surface area contributed by atoms with Gasteiger partial charge in [0.05, 0.1) is 5.52 Å². The largest absolute Gasteiger partial charge is 0.362 e. The van der Waals surface area contributed by atoms with E-state index < -0.39 is 0 Å². The third-order valence-electron chi connectivity index (χ3n) is 3.51. The molecular weight excluding hydrogens is 266 g/mol. The Morgan fingerprint density at radius 1 is 1.35 bits per heavy atom. The van der Waals surface area contributed by atoms with Crippen molar-refractivity contribution in [1.82, 2.24) is 10.3 Å². The van der Waals surface area contributed by atoms with Crippen molar-refractivity contribution in [3.8, 4) is 0 Å². The normalized spacial score (nSPS) is 21.1. The predicted octanol–water partition coefficient (Wildman–Crippen LogP) is 3.25. The van der Waals surface area contributed by atoms with Gasteiger partial charge in [0.15, 0.2) is 5.17 Å². The van der Waals surface area contributed by atoms with Gasteiger partial charge in [-0.25, -0.2) is 0 Å². The first-order chi connectivity index (χ1) is 9.83. The second-order valence-electron chi connectivity index (χ2n) is 5.11. The van der Waals surface area contributed by atoms with Crippen LogP contribution in [0.15, 0.2) is 41.5 Å². The van der Waals surface area contributed by atoms with Gasteiger partial charge in [-0.05, 0) is 31.4 Å². The number of aromatic nitrogens is 1. The van der Waals surface area contributed by atoms with Crippen LogP contribution >= 0.6 is 11.8 Å². The lowest BCUT2D eigenvalue weighted by Crippen LogP contribution is -2.35. The molecule has 3 nitrogen and oxygen atoms in total. The Morgan fingerprint density at radius 2 is 2.25 bits per heavy atom. The van der Waals surface area contributed by atoms with Gasteiger partial charge >= 0.3 is 0 Å². The number of amidine groups is 1. The van der Waals surface area contributed by atoms with Gasteiger partial charge in [0.25, 0.3) is 0 Å². The van der Waals surface area contributed by atoms with Crippen molar-refractivity contribution in [1.29, 1.82) is 0 Å². The summed E-state index contributed by atoms with van der Waals surface area (Å²) in [6, 6.07) is 11.0. The number of fused-ring (bicyclic) bond motifs is 1. The molecule has 1 unspecified atom stereocenters. The minimum Gasteiger partial charge on any atom is -0.362 e. The molecule has 1 saturated heterocycles. The topological polar surface area (TPSA) is 37.3 Å². The number of aliphatic imine (C=N–C) groups is 1. The zero-order chi connectivity index (χ0) is 13.8. The molecule has 0 radical (unpaired) electrons. The highest BCUT2D eigenvalue weighted by atomic mass is 32.2.